The first-order valence-corrected chi connectivity index (χ1v) is 5.68. The molecule has 94 valence electrons. The molecule has 0 aliphatic carbocycles. The van der Waals surface area contributed by atoms with Gasteiger partial charge in [0.2, 0.25) is 0 Å². The number of hydrogen-bond acceptors (Lipinski definition) is 2. The Morgan fingerprint density at radius 3 is 1.81 bits per heavy atom. The van der Waals surface area contributed by atoms with E-state index in [0.717, 1.165) is 6.42 Å². The smallest absolute Gasteiger partial charge is 0.309 e. The summed E-state index contributed by atoms with van der Waals surface area (Å²) in [6.07, 6.45) is 1.91. The van der Waals surface area contributed by atoms with Gasteiger partial charge in [0, 0.05) is 0 Å². The molecule has 2 N–H and O–H groups in total. The van der Waals surface area contributed by atoms with Gasteiger partial charge >= 0.3 is 11.9 Å². The Balaban J connectivity index is 5.06. The van der Waals surface area contributed by atoms with Crippen LogP contribution >= 0.6 is 0 Å². The lowest BCUT2D eigenvalue weighted by Gasteiger charge is -2.34. The van der Waals surface area contributed by atoms with Gasteiger partial charge in [0.1, 0.15) is 0 Å². The highest BCUT2D eigenvalue weighted by Crippen LogP contribution is 2.40. The molecule has 0 aromatic carbocycles. The van der Waals surface area contributed by atoms with Gasteiger partial charge in [-0.25, -0.2) is 0 Å². The van der Waals surface area contributed by atoms with Crippen LogP contribution in [0.1, 0.15) is 53.4 Å². The third-order valence-electron chi connectivity index (χ3n) is 3.22. The molecule has 0 radical (unpaired) electrons. The van der Waals surface area contributed by atoms with Crippen LogP contribution < -0.4 is 0 Å². The molecule has 1 unspecified atom stereocenters. The molecular formula is C12H22O4. The van der Waals surface area contributed by atoms with Crippen LogP contribution in [0.5, 0.6) is 0 Å². The molecule has 0 aromatic rings. The SMILES string of the molecule is CCCC(CC)(CC(C)(C)C(=O)O)C(=O)O. The molecule has 16 heavy (non-hydrogen) atoms. The van der Waals surface area contributed by atoms with Crippen LogP contribution in [-0.2, 0) is 9.59 Å². The predicted octanol–water partition coefficient (Wildman–Crippen LogP) is 2.77. The lowest BCUT2D eigenvalue weighted by molar-refractivity contribution is -0.157. The maximum Gasteiger partial charge on any atom is 0.309 e. The van der Waals surface area contributed by atoms with E-state index in [4.69, 9.17) is 5.11 Å². The average molecular weight is 230 g/mol. The Morgan fingerprint density at radius 2 is 1.56 bits per heavy atom. The van der Waals surface area contributed by atoms with Crippen LogP contribution in [0, 0.1) is 10.8 Å². The van der Waals surface area contributed by atoms with Gasteiger partial charge < -0.3 is 10.2 Å². The topological polar surface area (TPSA) is 74.6 Å². The van der Waals surface area contributed by atoms with Crippen LogP contribution in [0.15, 0.2) is 0 Å². The lowest BCUT2D eigenvalue weighted by atomic mass is 9.69. The molecule has 0 amide bonds. The highest BCUT2D eigenvalue weighted by atomic mass is 16.4. The van der Waals surface area contributed by atoms with E-state index in [0.29, 0.717) is 12.8 Å². The summed E-state index contributed by atoms with van der Waals surface area (Å²) in [7, 11) is 0. The van der Waals surface area contributed by atoms with Crippen LogP contribution in [0.25, 0.3) is 0 Å². The number of rotatable bonds is 7. The van der Waals surface area contributed by atoms with Gasteiger partial charge in [0.05, 0.1) is 10.8 Å². The largest absolute Gasteiger partial charge is 0.481 e. The molecule has 4 nitrogen and oxygen atoms in total. The van der Waals surface area contributed by atoms with Crippen LogP contribution in [0.4, 0.5) is 0 Å². The van der Waals surface area contributed by atoms with Gasteiger partial charge in [-0.3, -0.25) is 9.59 Å². The zero-order chi connectivity index (χ0) is 13.0. The maximum atomic E-state index is 11.3. The standard InChI is InChI=1S/C12H22O4/c1-5-7-12(6-2,10(15)16)8-11(3,4)9(13)14/h5-8H2,1-4H3,(H,13,14)(H,15,16). The van der Waals surface area contributed by atoms with Crippen molar-refractivity contribution in [1.29, 1.82) is 0 Å². The van der Waals surface area contributed by atoms with Crippen LogP contribution in [0.2, 0.25) is 0 Å². The molecular weight excluding hydrogens is 208 g/mol. The van der Waals surface area contributed by atoms with Crippen molar-refractivity contribution >= 4 is 11.9 Å². The van der Waals surface area contributed by atoms with Crippen LogP contribution in [0.3, 0.4) is 0 Å². The zero-order valence-corrected chi connectivity index (χ0v) is 10.5. The highest BCUT2D eigenvalue weighted by molar-refractivity contribution is 5.78. The minimum Gasteiger partial charge on any atom is -0.481 e. The monoisotopic (exact) mass is 230 g/mol. The van der Waals surface area contributed by atoms with Gasteiger partial charge in [0.15, 0.2) is 0 Å². The normalized spacial score (nSPS) is 15.5. The lowest BCUT2D eigenvalue weighted by Crippen LogP contribution is -2.38. The van der Waals surface area contributed by atoms with Crippen molar-refractivity contribution in [2.45, 2.75) is 53.4 Å². The molecule has 1 atom stereocenters. The molecule has 0 saturated heterocycles. The molecule has 0 bridgehead atoms. The number of carboxylic acids is 2. The van der Waals surface area contributed by atoms with Crippen molar-refractivity contribution in [3.8, 4) is 0 Å². The van der Waals surface area contributed by atoms with Crippen molar-refractivity contribution in [1.82, 2.24) is 0 Å². The third-order valence-corrected chi connectivity index (χ3v) is 3.22. The molecule has 0 spiro atoms. The summed E-state index contributed by atoms with van der Waals surface area (Å²) < 4.78 is 0. The fourth-order valence-electron chi connectivity index (χ4n) is 2.12. The van der Waals surface area contributed by atoms with E-state index in [2.05, 4.69) is 0 Å². The van der Waals surface area contributed by atoms with E-state index in [1.165, 1.54) is 0 Å². The fourth-order valence-corrected chi connectivity index (χ4v) is 2.12. The molecule has 0 saturated carbocycles. The van der Waals surface area contributed by atoms with Crippen molar-refractivity contribution in [3.05, 3.63) is 0 Å². The third kappa shape index (κ3) is 3.22. The molecule has 0 fully saturated rings. The Labute approximate surface area is 96.7 Å². The second kappa shape index (κ2) is 5.32. The molecule has 0 aliphatic rings. The number of carboxylic acid groups (broad SMARTS) is 2. The molecule has 0 heterocycles. The van der Waals surface area contributed by atoms with Crippen molar-refractivity contribution in [2.24, 2.45) is 10.8 Å². The first-order valence-electron chi connectivity index (χ1n) is 5.68. The van der Waals surface area contributed by atoms with Crippen molar-refractivity contribution < 1.29 is 19.8 Å². The highest BCUT2D eigenvalue weighted by Gasteiger charge is 2.43. The van der Waals surface area contributed by atoms with Gasteiger partial charge in [-0.05, 0) is 33.1 Å². The summed E-state index contributed by atoms with van der Waals surface area (Å²) in [4.78, 5) is 22.4. The Morgan fingerprint density at radius 1 is 1.06 bits per heavy atom. The van der Waals surface area contributed by atoms with Gasteiger partial charge in [0.25, 0.3) is 0 Å². The van der Waals surface area contributed by atoms with Crippen LogP contribution in [-0.4, -0.2) is 22.2 Å². The summed E-state index contributed by atoms with van der Waals surface area (Å²) in [5, 5.41) is 18.4. The summed E-state index contributed by atoms with van der Waals surface area (Å²) in [6.45, 7) is 6.89. The van der Waals surface area contributed by atoms with E-state index >= 15 is 0 Å². The molecule has 4 heteroatoms. The summed E-state index contributed by atoms with van der Waals surface area (Å²) in [5.74, 6) is -1.83. The number of hydrogen-bond donors (Lipinski definition) is 2. The van der Waals surface area contributed by atoms with Crippen molar-refractivity contribution in [2.75, 3.05) is 0 Å². The second-order valence-electron chi connectivity index (χ2n) is 5.05. The Kier molecular flexibility index (Phi) is 4.97. The average Bonchev–Trinajstić information content (AvgIpc) is 2.16. The minimum absolute atomic E-state index is 0.176. The summed E-state index contributed by atoms with van der Waals surface area (Å²) in [5.41, 5.74) is -1.90. The zero-order valence-electron chi connectivity index (χ0n) is 10.5. The number of carbonyl (C=O) groups is 2. The van der Waals surface area contributed by atoms with E-state index < -0.39 is 22.8 Å². The van der Waals surface area contributed by atoms with Gasteiger partial charge in [-0.15, -0.1) is 0 Å². The Bertz CT molecular complexity index is 270. The molecule has 0 aliphatic heterocycles. The maximum absolute atomic E-state index is 11.3. The molecule has 0 rings (SSSR count). The Hall–Kier alpha value is -1.06. The minimum atomic E-state index is -0.996. The van der Waals surface area contributed by atoms with Gasteiger partial charge in [-0.1, -0.05) is 20.3 Å². The first-order chi connectivity index (χ1) is 7.22. The van der Waals surface area contributed by atoms with E-state index in [9.17, 15) is 14.7 Å². The molecule has 0 aromatic heterocycles. The van der Waals surface area contributed by atoms with Gasteiger partial charge in [-0.2, -0.15) is 0 Å². The first kappa shape index (κ1) is 14.9. The van der Waals surface area contributed by atoms with Crippen molar-refractivity contribution in [3.63, 3.8) is 0 Å². The number of aliphatic carboxylic acids is 2. The fraction of sp³-hybridized carbons (Fsp3) is 0.833. The summed E-state index contributed by atoms with van der Waals surface area (Å²) >= 11 is 0. The summed E-state index contributed by atoms with van der Waals surface area (Å²) in [6, 6.07) is 0. The second-order valence-corrected chi connectivity index (χ2v) is 5.05. The predicted molar refractivity (Wildman–Crippen MR) is 61.3 cm³/mol. The van der Waals surface area contributed by atoms with E-state index in [1.54, 1.807) is 13.8 Å². The quantitative estimate of drug-likeness (QED) is 0.705. The van der Waals surface area contributed by atoms with E-state index in [-0.39, 0.29) is 6.42 Å². The van der Waals surface area contributed by atoms with E-state index in [1.807, 2.05) is 13.8 Å².